The molecule has 7 nitrogen and oxygen atoms in total. The van der Waals surface area contributed by atoms with Crippen molar-refractivity contribution in [3.8, 4) is 22.6 Å². The number of hydrogen-bond donors (Lipinski definition) is 1. The van der Waals surface area contributed by atoms with Gasteiger partial charge in [0.1, 0.15) is 23.7 Å². The van der Waals surface area contributed by atoms with E-state index in [2.05, 4.69) is 23.6 Å². The van der Waals surface area contributed by atoms with Gasteiger partial charge in [0.15, 0.2) is 0 Å². The lowest BCUT2D eigenvalue weighted by atomic mass is 9.99. The van der Waals surface area contributed by atoms with Gasteiger partial charge >= 0.3 is 0 Å². The lowest BCUT2D eigenvalue weighted by Gasteiger charge is -2.44. The molecular formula is C30H31N3O4. The van der Waals surface area contributed by atoms with Gasteiger partial charge in [-0.3, -0.25) is 14.5 Å². The monoisotopic (exact) mass is 497 g/mol. The van der Waals surface area contributed by atoms with Gasteiger partial charge in [-0.25, -0.2) is 0 Å². The van der Waals surface area contributed by atoms with Crippen LogP contribution in [0.4, 0.5) is 0 Å². The van der Waals surface area contributed by atoms with E-state index in [0.717, 1.165) is 28.0 Å². The summed E-state index contributed by atoms with van der Waals surface area (Å²) in [4.78, 5) is 32.5. The van der Waals surface area contributed by atoms with Crippen molar-refractivity contribution >= 4 is 11.8 Å². The van der Waals surface area contributed by atoms with Crippen LogP contribution in [0.3, 0.4) is 0 Å². The Labute approximate surface area is 217 Å². The van der Waals surface area contributed by atoms with Crippen LogP contribution < -0.4 is 4.74 Å². The number of carbonyl (C=O) groups excluding carboxylic acids is 2. The van der Waals surface area contributed by atoms with E-state index in [1.165, 1.54) is 0 Å². The average Bonchev–Trinajstić information content (AvgIpc) is 3.22. The van der Waals surface area contributed by atoms with Crippen molar-refractivity contribution in [2.75, 3.05) is 26.7 Å². The van der Waals surface area contributed by atoms with Crippen LogP contribution in [0.15, 0.2) is 85.5 Å². The second-order valence-corrected chi connectivity index (χ2v) is 9.53. The molecule has 0 radical (unpaired) electrons. The molecule has 37 heavy (non-hydrogen) atoms. The molecule has 2 heterocycles. The number of piperazine rings is 1. The summed E-state index contributed by atoms with van der Waals surface area (Å²) >= 11 is 0. The van der Waals surface area contributed by atoms with Crippen LogP contribution in [0, 0.1) is 0 Å². The van der Waals surface area contributed by atoms with E-state index in [4.69, 9.17) is 4.74 Å². The molecule has 3 aromatic rings. The Bertz CT molecular complexity index is 1290. The normalized spacial score (nSPS) is 19.7. The average molecular weight is 498 g/mol. The van der Waals surface area contributed by atoms with Crippen molar-refractivity contribution in [3.05, 3.63) is 96.6 Å². The van der Waals surface area contributed by atoms with E-state index in [1.54, 1.807) is 42.4 Å². The number of benzene rings is 3. The van der Waals surface area contributed by atoms with Crippen LogP contribution in [0.2, 0.25) is 0 Å². The van der Waals surface area contributed by atoms with Crippen molar-refractivity contribution in [3.63, 3.8) is 0 Å². The van der Waals surface area contributed by atoms with E-state index in [-0.39, 0.29) is 30.3 Å². The molecule has 0 spiro atoms. The van der Waals surface area contributed by atoms with Crippen molar-refractivity contribution in [1.29, 1.82) is 0 Å². The number of phenolic OH excluding ortho intramolecular Hbond substituents is 1. The number of amides is 2. The van der Waals surface area contributed by atoms with Crippen LogP contribution in [-0.4, -0.2) is 70.6 Å². The molecule has 1 N–H and O–H groups in total. The SMILES string of the molecule is C=CCN1CC(=O)N2[C@@H]1CN(Cc1cccc(-c3ccc(OC)cc3)c1)C(=O)[C@@H]2Cc1ccc(O)cc1. The van der Waals surface area contributed by atoms with Crippen LogP contribution in [0.1, 0.15) is 11.1 Å². The van der Waals surface area contributed by atoms with Crippen LogP contribution in [0.5, 0.6) is 11.5 Å². The first kappa shape index (κ1) is 24.6. The van der Waals surface area contributed by atoms with Gasteiger partial charge in [-0.2, -0.15) is 0 Å². The number of ether oxygens (including phenoxy) is 1. The molecule has 190 valence electrons. The zero-order valence-electron chi connectivity index (χ0n) is 20.9. The fourth-order valence-corrected chi connectivity index (χ4v) is 5.29. The number of nitrogens with zero attached hydrogens (tertiary/aromatic N) is 3. The highest BCUT2D eigenvalue weighted by Gasteiger charge is 2.49. The molecule has 7 heteroatoms. The molecule has 0 aliphatic carbocycles. The zero-order chi connectivity index (χ0) is 25.9. The second kappa shape index (κ2) is 10.5. The maximum Gasteiger partial charge on any atom is 0.246 e. The number of hydrogen-bond acceptors (Lipinski definition) is 5. The molecule has 0 bridgehead atoms. The molecular weight excluding hydrogens is 466 g/mol. The highest BCUT2D eigenvalue weighted by molar-refractivity contribution is 5.91. The van der Waals surface area contributed by atoms with E-state index < -0.39 is 6.04 Å². The largest absolute Gasteiger partial charge is 0.508 e. The summed E-state index contributed by atoms with van der Waals surface area (Å²) in [5.74, 6) is 0.876. The van der Waals surface area contributed by atoms with Gasteiger partial charge in [0.25, 0.3) is 0 Å². The van der Waals surface area contributed by atoms with Crippen LogP contribution in [0.25, 0.3) is 11.1 Å². The third kappa shape index (κ3) is 5.08. The van der Waals surface area contributed by atoms with Crippen LogP contribution >= 0.6 is 0 Å². The Kier molecular flexibility index (Phi) is 6.97. The molecule has 2 aliphatic heterocycles. The lowest BCUT2D eigenvalue weighted by Crippen LogP contribution is -2.63. The van der Waals surface area contributed by atoms with E-state index in [9.17, 15) is 14.7 Å². The number of fused-ring (bicyclic) bond motifs is 1. The van der Waals surface area contributed by atoms with Crippen LogP contribution in [-0.2, 0) is 22.6 Å². The Balaban J connectivity index is 1.42. The number of carbonyl (C=O) groups is 2. The maximum absolute atomic E-state index is 13.8. The fourth-order valence-electron chi connectivity index (χ4n) is 5.29. The predicted octanol–water partition coefficient (Wildman–Crippen LogP) is 3.68. The number of rotatable bonds is 8. The fraction of sp³-hybridized carbons (Fsp3) is 0.267. The van der Waals surface area contributed by atoms with Crippen molar-refractivity contribution in [2.24, 2.45) is 0 Å². The quantitative estimate of drug-likeness (QED) is 0.481. The van der Waals surface area contributed by atoms with E-state index in [1.807, 2.05) is 41.3 Å². The minimum Gasteiger partial charge on any atom is -0.508 e. The summed E-state index contributed by atoms with van der Waals surface area (Å²) < 4.78 is 5.27. The number of phenols is 1. The van der Waals surface area contributed by atoms with Crippen molar-refractivity contribution < 1.29 is 19.4 Å². The summed E-state index contributed by atoms with van der Waals surface area (Å²) in [6.45, 7) is 5.60. The summed E-state index contributed by atoms with van der Waals surface area (Å²) in [6, 6.07) is 22.3. The molecule has 5 rings (SSSR count). The van der Waals surface area contributed by atoms with Gasteiger partial charge in [0.05, 0.1) is 20.2 Å². The third-order valence-corrected chi connectivity index (χ3v) is 7.14. The molecule has 2 fully saturated rings. The van der Waals surface area contributed by atoms with Crippen molar-refractivity contribution in [1.82, 2.24) is 14.7 Å². The topological polar surface area (TPSA) is 73.3 Å². The highest BCUT2D eigenvalue weighted by atomic mass is 16.5. The predicted molar refractivity (Wildman–Crippen MR) is 142 cm³/mol. The summed E-state index contributed by atoms with van der Waals surface area (Å²) in [6.07, 6.45) is 1.99. The van der Waals surface area contributed by atoms with Gasteiger partial charge < -0.3 is 19.6 Å². The Hall–Kier alpha value is -4.10. The molecule has 0 saturated carbocycles. The summed E-state index contributed by atoms with van der Waals surface area (Å²) in [5.41, 5.74) is 4.06. The van der Waals surface area contributed by atoms with Crippen molar-refractivity contribution in [2.45, 2.75) is 25.2 Å². The lowest BCUT2D eigenvalue weighted by molar-refractivity contribution is -0.154. The Morgan fingerprint density at radius 2 is 1.76 bits per heavy atom. The first-order chi connectivity index (χ1) is 18.0. The molecule has 2 amide bonds. The number of aromatic hydroxyl groups is 1. The van der Waals surface area contributed by atoms with E-state index in [0.29, 0.717) is 26.1 Å². The highest BCUT2D eigenvalue weighted by Crippen LogP contribution is 2.30. The second-order valence-electron chi connectivity index (χ2n) is 9.53. The van der Waals surface area contributed by atoms with Gasteiger partial charge in [0, 0.05) is 19.5 Å². The van der Waals surface area contributed by atoms with Gasteiger partial charge in [0.2, 0.25) is 11.8 Å². The van der Waals surface area contributed by atoms with Gasteiger partial charge in [-0.15, -0.1) is 6.58 Å². The Morgan fingerprint density at radius 1 is 1.00 bits per heavy atom. The smallest absolute Gasteiger partial charge is 0.246 e. The Morgan fingerprint density at radius 3 is 2.46 bits per heavy atom. The molecule has 2 atom stereocenters. The molecule has 3 aromatic carbocycles. The molecule has 2 aliphatic rings. The minimum atomic E-state index is -0.602. The molecule has 2 saturated heterocycles. The van der Waals surface area contributed by atoms with Gasteiger partial charge in [-0.1, -0.05) is 48.5 Å². The third-order valence-electron chi connectivity index (χ3n) is 7.14. The summed E-state index contributed by atoms with van der Waals surface area (Å²) in [7, 11) is 1.65. The number of methoxy groups -OCH3 is 1. The van der Waals surface area contributed by atoms with E-state index >= 15 is 0 Å². The van der Waals surface area contributed by atoms with Gasteiger partial charge in [-0.05, 0) is 52.6 Å². The molecule has 0 aromatic heterocycles. The standard InChI is InChI=1S/C30H31N3O4/c1-3-15-31-20-29(35)33-27(17-21-7-11-25(34)12-8-21)30(36)32(19-28(31)33)18-22-5-4-6-24(16-22)23-9-13-26(37-2)14-10-23/h3-14,16,27-28,34H,1,15,17-20H2,2H3/t27-,28+/m0/s1. The first-order valence-electron chi connectivity index (χ1n) is 12.4. The summed E-state index contributed by atoms with van der Waals surface area (Å²) in [5, 5.41) is 9.68. The minimum absolute atomic E-state index is 0.0369. The maximum atomic E-state index is 13.8. The zero-order valence-corrected chi connectivity index (χ0v) is 20.9. The molecule has 0 unspecified atom stereocenters. The first-order valence-corrected chi connectivity index (χ1v) is 12.4.